The van der Waals surface area contributed by atoms with Crippen LogP contribution in [-0.4, -0.2) is 18.6 Å². The van der Waals surface area contributed by atoms with Crippen LogP contribution in [0.1, 0.15) is 44.6 Å². The first-order valence-corrected chi connectivity index (χ1v) is 10.0. The van der Waals surface area contributed by atoms with Gasteiger partial charge >= 0.3 is 0 Å². The molecule has 0 aromatic heterocycles. The lowest BCUT2D eigenvalue weighted by Crippen LogP contribution is -2.27. The molecular weight excluding hydrogens is 316 g/mol. The summed E-state index contributed by atoms with van der Waals surface area (Å²) >= 11 is 0. The largest absolute Gasteiger partial charge is 0.386 e. The summed E-state index contributed by atoms with van der Waals surface area (Å²) < 4.78 is 0. The average Bonchev–Trinajstić information content (AvgIpc) is 3.16. The van der Waals surface area contributed by atoms with Crippen molar-refractivity contribution in [1.82, 2.24) is 10.6 Å². The number of nitrogens with one attached hydrogen (secondary N) is 2. The van der Waals surface area contributed by atoms with Crippen molar-refractivity contribution < 1.29 is 0 Å². The third-order valence-electron chi connectivity index (χ3n) is 5.25. The molecule has 0 aliphatic carbocycles. The molecule has 1 aliphatic heterocycles. The molecule has 2 nitrogen and oxygen atoms in total. The Labute approximate surface area is 158 Å². The molecule has 138 valence electrons. The first-order valence-electron chi connectivity index (χ1n) is 10.0. The standard InChI is InChI=1S/C24H32N2/c1-19(8-6-11-24-12-7-17-25-24)26-20(2)18-21-13-15-23(16-14-21)22-9-4-3-5-10-22/h3-5,9-10,13-16,20,24-26H,1,6-8,11-12,17-18H2,2H3/t20-,24?/m0/s1. The first-order chi connectivity index (χ1) is 12.7. The van der Waals surface area contributed by atoms with Gasteiger partial charge in [-0.2, -0.15) is 0 Å². The third-order valence-corrected chi connectivity index (χ3v) is 5.25. The molecule has 0 bridgehead atoms. The molecule has 2 aromatic carbocycles. The smallest absolute Gasteiger partial charge is 0.0270 e. The van der Waals surface area contributed by atoms with E-state index in [1.165, 1.54) is 54.6 Å². The van der Waals surface area contributed by atoms with Crippen molar-refractivity contribution in [3.8, 4) is 11.1 Å². The first kappa shape index (κ1) is 18.7. The van der Waals surface area contributed by atoms with Crippen LogP contribution in [0.4, 0.5) is 0 Å². The molecule has 0 saturated carbocycles. The SMILES string of the molecule is C=C(CCCC1CCCN1)N[C@@H](C)Cc1ccc(-c2ccccc2)cc1. The highest BCUT2D eigenvalue weighted by Crippen LogP contribution is 2.20. The summed E-state index contributed by atoms with van der Waals surface area (Å²) in [4.78, 5) is 0. The van der Waals surface area contributed by atoms with E-state index in [2.05, 4.69) is 78.7 Å². The Morgan fingerprint density at radius 1 is 1.12 bits per heavy atom. The van der Waals surface area contributed by atoms with Crippen LogP contribution in [-0.2, 0) is 6.42 Å². The number of hydrogen-bond donors (Lipinski definition) is 2. The summed E-state index contributed by atoms with van der Waals surface area (Å²) in [5.41, 5.74) is 5.10. The van der Waals surface area contributed by atoms with E-state index in [0.29, 0.717) is 6.04 Å². The van der Waals surface area contributed by atoms with Gasteiger partial charge < -0.3 is 10.6 Å². The molecule has 1 saturated heterocycles. The maximum Gasteiger partial charge on any atom is 0.0270 e. The Balaban J connectivity index is 1.41. The zero-order chi connectivity index (χ0) is 18.2. The van der Waals surface area contributed by atoms with E-state index >= 15 is 0 Å². The van der Waals surface area contributed by atoms with Crippen LogP contribution in [0.2, 0.25) is 0 Å². The minimum atomic E-state index is 0.412. The topological polar surface area (TPSA) is 24.1 Å². The van der Waals surface area contributed by atoms with E-state index in [-0.39, 0.29) is 0 Å². The lowest BCUT2D eigenvalue weighted by molar-refractivity contribution is 0.519. The molecule has 0 spiro atoms. The van der Waals surface area contributed by atoms with Gasteiger partial charge in [-0.05, 0) is 68.7 Å². The van der Waals surface area contributed by atoms with Crippen LogP contribution in [0, 0.1) is 0 Å². The summed E-state index contributed by atoms with van der Waals surface area (Å²) in [6, 6.07) is 20.6. The highest BCUT2D eigenvalue weighted by atomic mass is 14.9. The Bertz CT molecular complexity index is 669. The highest BCUT2D eigenvalue weighted by molar-refractivity contribution is 5.63. The van der Waals surface area contributed by atoms with Crippen molar-refractivity contribution in [1.29, 1.82) is 0 Å². The normalized spacial score (nSPS) is 17.8. The maximum absolute atomic E-state index is 4.22. The Morgan fingerprint density at radius 3 is 2.54 bits per heavy atom. The predicted molar refractivity (Wildman–Crippen MR) is 112 cm³/mol. The molecule has 2 N–H and O–H groups in total. The fraction of sp³-hybridized carbons (Fsp3) is 0.417. The quantitative estimate of drug-likeness (QED) is 0.642. The fourth-order valence-corrected chi connectivity index (χ4v) is 3.85. The average molecular weight is 349 g/mol. The van der Waals surface area contributed by atoms with Gasteiger partial charge in [-0.25, -0.2) is 0 Å². The van der Waals surface area contributed by atoms with Gasteiger partial charge in [-0.3, -0.25) is 0 Å². The molecule has 1 aliphatic rings. The lowest BCUT2D eigenvalue weighted by atomic mass is 10.0. The molecule has 0 amide bonds. The Hall–Kier alpha value is -2.06. The number of allylic oxidation sites excluding steroid dienone is 1. The van der Waals surface area contributed by atoms with Crippen LogP contribution >= 0.6 is 0 Å². The van der Waals surface area contributed by atoms with Crippen LogP contribution < -0.4 is 10.6 Å². The molecule has 2 aromatic rings. The minimum absolute atomic E-state index is 0.412. The second-order valence-electron chi connectivity index (χ2n) is 7.60. The summed E-state index contributed by atoms with van der Waals surface area (Å²) in [5.74, 6) is 0. The molecule has 0 radical (unpaired) electrons. The molecule has 3 rings (SSSR count). The minimum Gasteiger partial charge on any atom is -0.386 e. The third kappa shape index (κ3) is 5.74. The van der Waals surface area contributed by atoms with Gasteiger partial charge in [-0.15, -0.1) is 0 Å². The number of rotatable bonds is 9. The van der Waals surface area contributed by atoms with Gasteiger partial charge in [0.05, 0.1) is 0 Å². The van der Waals surface area contributed by atoms with E-state index < -0.39 is 0 Å². The predicted octanol–water partition coefficient (Wildman–Crippen LogP) is 5.31. The molecule has 26 heavy (non-hydrogen) atoms. The van der Waals surface area contributed by atoms with E-state index in [9.17, 15) is 0 Å². The lowest BCUT2D eigenvalue weighted by Gasteiger charge is -2.18. The van der Waals surface area contributed by atoms with Crippen molar-refractivity contribution in [3.63, 3.8) is 0 Å². The van der Waals surface area contributed by atoms with Crippen LogP contribution in [0.5, 0.6) is 0 Å². The highest BCUT2D eigenvalue weighted by Gasteiger charge is 2.13. The fourth-order valence-electron chi connectivity index (χ4n) is 3.85. The number of hydrogen-bond acceptors (Lipinski definition) is 2. The van der Waals surface area contributed by atoms with Gasteiger partial charge in [0.2, 0.25) is 0 Å². The number of benzene rings is 2. The second kappa shape index (κ2) is 9.59. The summed E-state index contributed by atoms with van der Waals surface area (Å²) in [6.07, 6.45) is 7.28. The van der Waals surface area contributed by atoms with Gasteiger partial charge in [0.25, 0.3) is 0 Å². The van der Waals surface area contributed by atoms with Gasteiger partial charge in [-0.1, -0.05) is 61.2 Å². The van der Waals surface area contributed by atoms with E-state index in [0.717, 1.165) is 18.9 Å². The zero-order valence-electron chi connectivity index (χ0n) is 16.0. The van der Waals surface area contributed by atoms with Crippen molar-refractivity contribution in [2.75, 3.05) is 6.54 Å². The van der Waals surface area contributed by atoms with Gasteiger partial charge in [0.15, 0.2) is 0 Å². The maximum atomic E-state index is 4.22. The Morgan fingerprint density at radius 2 is 1.85 bits per heavy atom. The van der Waals surface area contributed by atoms with Gasteiger partial charge in [0, 0.05) is 17.8 Å². The van der Waals surface area contributed by atoms with E-state index in [1.807, 2.05) is 0 Å². The molecule has 2 atom stereocenters. The van der Waals surface area contributed by atoms with Crippen molar-refractivity contribution in [3.05, 3.63) is 72.4 Å². The van der Waals surface area contributed by atoms with Crippen LogP contribution in [0.3, 0.4) is 0 Å². The van der Waals surface area contributed by atoms with E-state index in [4.69, 9.17) is 0 Å². The summed E-state index contributed by atoms with van der Waals surface area (Å²) in [6.45, 7) is 7.67. The van der Waals surface area contributed by atoms with E-state index in [1.54, 1.807) is 0 Å². The van der Waals surface area contributed by atoms with Crippen molar-refractivity contribution in [2.45, 2.75) is 57.5 Å². The van der Waals surface area contributed by atoms with Crippen molar-refractivity contribution >= 4 is 0 Å². The van der Waals surface area contributed by atoms with Crippen LogP contribution in [0.25, 0.3) is 11.1 Å². The Kier molecular flexibility index (Phi) is 6.90. The monoisotopic (exact) mass is 348 g/mol. The second-order valence-corrected chi connectivity index (χ2v) is 7.60. The van der Waals surface area contributed by atoms with Crippen LogP contribution in [0.15, 0.2) is 66.9 Å². The van der Waals surface area contributed by atoms with Crippen molar-refractivity contribution in [2.24, 2.45) is 0 Å². The summed E-state index contributed by atoms with van der Waals surface area (Å²) in [7, 11) is 0. The molecule has 2 heteroatoms. The zero-order valence-corrected chi connectivity index (χ0v) is 16.0. The summed E-state index contributed by atoms with van der Waals surface area (Å²) in [5, 5.41) is 7.16. The van der Waals surface area contributed by atoms with Gasteiger partial charge in [0.1, 0.15) is 0 Å². The molecule has 1 fully saturated rings. The molecule has 1 unspecified atom stereocenters. The molecule has 1 heterocycles. The molecular formula is C24H32N2.